The van der Waals surface area contributed by atoms with Crippen molar-refractivity contribution in [2.45, 2.75) is 32.7 Å². The van der Waals surface area contributed by atoms with Crippen molar-refractivity contribution in [3.05, 3.63) is 22.9 Å². The molecule has 5 nitrogen and oxygen atoms in total. The summed E-state index contributed by atoms with van der Waals surface area (Å²) < 4.78 is 0. The Balaban J connectivity index is 1.87. The van der Waals surface area contributed by atoms with E-state index in [0.717, 1.165) is 28.5 Å². The van der Waals surface area contributed by atoms with Crippen LogP contribution in [0.15, 0.2) is 12.2 Å². The molecule has 0 aromatic carbocycles. The minimum Gasteiger partial charge on any atom is -0.396 e. The van der Waals surface area contributed by atoms with Crippen molar-refractivity contribution < 1.29 is 9.90 Å². The number of aliphatic hydroxyl groups excluding tert-OH is 1. The molecule has 1 heterocycles. The fourth-order valence-corrected chi connectivity index (χ4v) is 2.94. The van der Waals surface area contributed by atoms with Gasteiger partial charge in [-0.1, -0.05) is 19.1 Å². The van der Waals surface area contributed by atoms with Crippen LogP contribution in [0.4, 0.5) is 9.80 Å². The van der Waals surface area contributed by atoms with Gasteiger partial charge in [0, 0.05) is 18.6 Å². The summed E-state index contributed by atoms with van der Waals surface area (Å²) in [6.45, 7) is 4.06. The zero-order valence-electron chi connectivity index (χ0n) is 11.1. The Hall–Kier alpha value is -1.40. The highest BCUT2D eigenvalue weighted by molar-refractivity contribution is 7.16. The quantitative estimate of drug-likeness (QED) is 0.740. The first-order valence-corrected chi connectivity index (χ1v) is 7.27. The van der Waals surface area contributed by atoms with E-state index in [1.165, 1.54) is 11.3 Å². The number of aryl methyl sites for hydroxylation is 2. The maximum absolute atomic E-state index is 11.9. The highest BCUT2D eigenvalue weighted by Crippen LogP contribution is 2.24. The van der Waals surface area contributed by atoms with Crippen molar-refractivity contribution in [2.24, 2.45) is 5.92 Å². The largest absolute Gasteiger partial charge is 0.396 e. The standard InChI is InChI=1S/C13H19N3O2S/c1-3-11-14-8(2)12(19-11)16-13(18)15-10-5-4-9(6-10)7-17/h4-5,9-10,17H,3,6-7H2,1-2H3,(H2,15,16,18)/t9-,10+/m0/s1. The minimum atomic E-state index is -0.220. The lowest BCUT2D eigenvalue weighted by atomic mass is 10.1. The van der Waals surface area contributed by atoms with Crippen LogP contribution < -0.4 is 10.6 Å². The van der Waals surface area contributed by atoms with Crippen molar-refractivity contribution in [1.82, 2.24) is 10.3 Å². The van der Waals surface area contributed by atoms with E-state index >= 15 is 0 Å². The van der Waals surface area contributed by atoms with Crippen LogP contribution in [0.25, 0.3) is 0 Å². The second kappa shape index (κ2) is 6.16. The molecule has 2 amide bonds. The molecule has 0 fully saturated rings. The van der Waals surface area contributed by atoms with Crippen LogP contribution in [0.2, 0.25) is 0 Å². The third kappa shape index (κ3) is 3.54. The molecule has 1 aliphatic rings. The third-order valence-corrected chi connectivity index (χ3v) is 4.31. The van der Waals surface area contributed by atoms with Gasteiger partial charge in [0.05, 0.1) is 10.7 Å². The molecule has 0 saturated heterocycles. The average Bonchev–Trinajstić information content (AvgIpc) is 2.97. The first kappa shape index (κ1) is 14.0. The minimum absolute atomic E-state index is 0.00368. The normalized spacial score (nSPS) is 21.6. The number of anilines is 1. The Morgan fingerprint density at radius 1 is 1.58 bits per heavy atom. The van der Waals surface area contributed by atoms with Gasteiger partial charge in [0.2, 0.25) is 0 Å². The Kier molecular flexibility index (Phi) is 4.55. The van der Waals surface area contributed by atoms with Crippen LogP contribution in [0.3, 0.4) is 0 Å². The zero-order chi connectivity index (χ0) is 13.8. The summed E-state index contributed by atoms with van der Waals surface area (Å²) in [6.07, 6.45) is 5.50. The topological polar surface area (TPSA) is 74.2 Å². The Morgan fingerprint density at radius 3 is 2.95 bits per heavy atom. The van der Waals surface area contributed by atoms with Crippen LogP contribution in [-0.2, 0) is 6.42 Å². The fourth-order valence-electron chi connectivity index (χ4n) is 2.04. The van der Waals surface area contributed by atoms with Crippen molar-refractivity contribution in [3.8, 4) is 0 Å². The van der Waals surface area contributed by atoms with Crippen LogP contribution in [-0.4, -0.2) is 28.8 Å². The molecular formula is C13H19N3O2S. The first-order valence-electron chi connectivity index (χ1n) is 6.45. The molecule has 0 spiro atoms. The van der Waals surface area contributed by atoms with E-state index in [1.807, 2.05) is 26.0 Å². The van der Waals surface area contributed by atoms with Gasteiger partial charge >= 0.3 is 6.03 Å². The van der Waals surface area contributed by atoms with E-state index in [2.05, 4.69) is 15.6 Å². The van der Waals surface area contributed by atoms with Gasteiger partial charge in [-0.15, -0.1) is 11.3 Å². The molecule has 19 heavy (non-hydrogen) atoms. The van der Waals surface area contributed by atoms with Gasteiger partial charge in [0.25, 0.3) is 0 Å². The Morgan fingerprint density at radius 2 is 2.37 bits per heavy atom. The van der Waals surface area contributed by atoms with Crippen LogP contribution in [0.5, 0.6) is 0 Å². The van der Waals surface area contributed by atoms with Gasteiger partial charge < -0.3 is 10.4 Å². The van der Waals surface area contributed by atoms with Crippen molar-refractivity contribution >= 4 is 22.4 Å². The Bertz CT molecular complexity index is 484. The SMILES string of the molecule is CCc1nc(C)c(NC(=O)N[C@@H]2C=C[C@H](CO)C2)s1. The molecule has 2 atom stereocenters. The fraction of sp³-hybridized carbons (Fsp3) is 0.538. The lowest BCUT2D eigenvalue weighted by Crippen LogP contribution is -2.36. The van der Waals surface area contributed by atoms with E-state index in [9.17, 15) is 4.79 Å². The summed E-state index contributed by atoms with van der Waals surface area (Å²) in [6, 6.07) is -0.223. The first-order chi connectivity index (χ1) is 9.12. The summed E-state index contributed by atoms with van der Waals surface area (Å²) in [4.78, 5) is 16.2. The monoisotopic (exact) mass is 281 g/mol. The van der Waals surface area contributed by atoms with Gasteiger partial charge in [-0.05, 0) is 19.8 Å². The summed E-state index contributed by atoms with van der Waals surface area (Å²) >= 11 is 1.51. The molecule has 1 aromatic rings. The number of aromatic nitrogens is 1. The molecule has 6 heteroatoms. The second-order valence-corrected chi connectivity index (χ2v) is 5.73. The van der Waals surface area contributed by atoms with E-state index in [4.69, 9.17) is 5.11 Å². The van der Waals surface area contributed by atoms with E-state index in [0.29, 0.717) is 0 Å². The molecule has 1 aliphatic carbocycles. The number of nitrogens with zero attached hydrogens (tertiary/aromatic N) is 1. The second-order valence-electron chi connectivity index (χ2n) is 4.64. The Labute approximate surface area is 116 Å². The van der Waals surface area contributed by atoms with Crippen LogP contribution in [0, 0.1) is 12.8 Å². The summed E-state index contributed by atoms with van der Waals surface area (Å²) in [5, 5.41) is 16.6. The molecule has 0 aliphatic heterocycles. The summed E-state index contributed by atoms with van der Waals surface area (Å²) in [5.74, 6) is 0.155. The molecular weight excluding hydrogens is 262 g/mol. The number of hydrogen-bond acceptors (Lipinski definition) is 4. The molecule has 0 bridgehead atoms. The van der Waals surface area contributed by atoms with Gasteiger partial charge in [-0.2, -0.15) is 0 Å². The van der Waals surface area contributed by atoms with Crippen molar-refractivity contribution in [2.75, 3.05) is 11.9 Å². The number of thiazole rings is 1. The van der Waals surface area contributed by atoms with E-state index in [1.54, 1.807) is 0 Å². The number of aliphatic hydroxyl groups is 1. The molecule has 0 radical (unpaired) electrons. The number of nitrogens with one attached hydrogen (secondary N) is 2. The number of urea groups is 1. The van der Waals surface area contributed by atoms with Crippen LogP contribution >= 0.6 is 11.3 Å². The smallest absolute Gasteiger partial charge is 0.320 e. The zero-order valence-corrected chi connectivity index (χ0v) is 12.0. The number of rotatable bonds is 4. The lowest BCUT2D eigenvalue weighted by molar-refractivity contribution is 0.238. The average molecular weight is 281 g/mol. The number of amides is 2. The predicted octanol–water partition coefficient (Wildman–Crippen LogP) is 2.07. The highest BCUT2D eigenvalue weighted by Gasteiger charge is 2.20. The molecule has 104 valence electrons. The number of carbonyl (C=O) groups is 1. The van der Waals surface area contributed by atoms with Gasteiger partial charge in [-0.3, -0.25) is 5.32 Å². The van der Waals surface area contributed by atoms with E-state index < -0.39 is 0 Å². The van der Waals surface area contributed by atoms with Crippen molar-refractivity contribution in [3.63, 3.8) is 0 Å². The van der Waals surface area contributed by atoms with E-state index in [-0.39, 0.29) is 24.6 Å². The number of carbonyl (C=O) groups excluding carboxylic acids is 1. The third-order valence-electron chi connectivity index (χ3n) is 3.09. The molecule has 0 saturated carbocycles. The molecule has 0 unspecified atom stereocenters. The van der Waals surface area contributed by atoms with Gasteiger partial charge in [-0.25, -0.2) is 9.78 Å². The van der Waals surface area contributed by atoms with Crippen LogP contribution in [0.1, 0.15) is 24.0 Å². The van der Waals surface area contributed by atoms with Gasteiger partial charge in [0.15, 0.2) is 0 Å². The predicted molar refractivity (Wildman–Crippen MR) is 76.5 cm³/mol. The van der Waals surface area contributed by atoms with Crippen molar-refractivity contribution in [1.29, 1.82) is 0 Å². The number of hydrogen-bond donors (Lipinski definition) is 3. The maximum atomic E-state index is 11.9. The molecule has 3 N–H and O–H groups in total. The summed E-state index contributed by atoms with van der Waals surface area (Å²) in [7, 11) is 0. The summed E-state index contributed by atoms with van der Waals surface area (Å²) in [5.41, 5.74) is 0.854. The lowest BCUT2D eigenvalue weighted by Gasteiger charge is -2.13. The molecule has 1 aromatic heterocycles. The van der Waals surface area contributed by atoms with Gasteiger partial charge in [0.1, 0.15) is 5.00 Å². The molecule has 2 rings (SSSR count). The highest BCUT2D eigenvalue weighted by atomic mass is 32.1. The maximum Gasteiger partial charge on any atom is 0.320 e.